The average Bonchev–Trinajstić information content (AvgIpc) is 3.04. The lowest BCUT2D eigenvalue weighted by atomic mass is 10.1. The molecule has 1 atom stereocenters. The largest absolute Gasteiger partial charge is 0.380 e. The number of aromatic nitrogens is 2. The molecule has 1 saturated heterocycles. The Morgan fingerprint density at radius 1 is 1.43 bits per heavy atom. The Morgan fingerprint density at radius 2 is 2.30 bits per heavy atom. The van der Waals surface area contributed by atoms with E-state index in [1.54, 1.807) is 13.2 Å². The first-order valence-corrected chi connectivity index (χ1v) is 7.63. The lowest BCUT2D eigenvalue weighted by Gasteiger charge is -2.24. The lowest BCUT2D eigenvalue weighted by molar-refractivity contribution is 0.0732. The number of hydrogen-bond acceptors (Lipinski definition) is 4. The minimum Gasteiger partial charge on any atom is -0.380 e. The maximum absolute atomic E-state index is 12.8. The maximum Gasteiger partial charge on any atom is 0.345 e. The molecule has 1 amide bonds. The van der Waals surface area contributed by atoms with Crippen molar-refractivity contribution in [2.75, 3.05) is 13.7 Å². The molecular weight excluding hydrogens is 294 g/mol. The molecule has 0 bridgehead atoms. The molecule has 1 N–H and O–H groups in total. The molecule has 2 heterocycles. The van der Waals surface area contributed by atoms with Crippen LogP contribution in [0.25, 0.3) is 0 Å². The van der Waals surface area contributed by atoms with Crippen LogP contribution in [0.4, 0.5) is 0 Å². The summed E-state index contributed by atoms with van der Waals surface area (Å²) in [5.41, 5.74) is 1.96. The zero-order valence-electron chi connectivity index (χ0n) is 13.0. The number of carbonyl (C=O) groups is 1. The van der Waals surface area contributed by atoms with Crippen molar-refractivity contribution < 1.29 is 9.53 Å². The van der Waals surface area contributed by atoms with Gasteiger partial charge < -0.3 is 14.6 Å². The second-order valence-electron chi connectivity index (χ2n) is 5.62. The van der Waals surface area contributed by atoms with E-state index in [0.717, 1.165) is 24.1 Å². The standard InChI is InChI=1S/C17H19N3O3/c1-23-11-12-4-2-5-13(10-12)16(21)20-9-3-6-15(20)14-7-8-18-17(22)19-14/h2,4-5,7-8,10,15H,3,6,9,11H2,1H3,(H,18,19,22)/t15-/m1/s1. The van der Waals surface area contributed by atoms with Crippen molar-refractivity contribution in [1.82, 2.24) is 14.9 Å². The van der Waals surface area contributed by atoms with Gasteiger partial charge in [0.25, 0.3) is 5.91 Å². The molecule has 1 fully saturated rings. The first-order valence-electron chi connectivity index (χ1n) is 7.63. The molecule has 0 saturated carbocycles. The minimum absolute atomic E-state index is 0.0249. The summed E-state index contributed by atoms with van der Waals surface area (Å²) in [5, 5.41) is 0. The van der Waals surface area contributed by atoms with E-state index in [4.69, 9.17) is 4.74 Å². The zero-order chi connectivity index (χ0) is 16.2. The number of likely N-dealkylation sites (tertiary alicyclic amines) is 1. The molecule has 120 valence electrons. The van der Waals surface area contributed by atoms with Gasteiger partial charge in [-0.05, 0) is 36.6 Å². The number of H-pyrrole nitrogens is 1. The number of ether oxygens (including phenoxy) is 1. The summed E-state index contributed by atoms with van der Waals surface area (Å²) < 4.78 is 5.12. The number of nitrogens with zero attached hydrogens (tertiary/aromatic N) is 2. The zero-order valence-corrected chi connectivity index (χ0v) is 13.0. The molecule has 0 aliphatic carbocycles. The van der Waals surface area contributed by atoms with E-state index >= 15 is 0 Å². The molecule has 1 aromatic carbocycles. The van der Waals surface area contributed by atoms with Crippen molar-refractivity contribution >= 4 is 5.91 Å². The van der Waals surface area contributed by atoms with Crippen molar-refractivity contribution in [3.8, 4) is 0 Å². The van der Waals surface area contributed by atoms with Crippen LogP contribution in [0, 0.1) is 0 Å². The average molecular weight is 313 g/mol. The fourth-order valence-electron chi connectivity index (χ4n) is 3.04. The van der Waals surface area contributed by atoms with E-state index in [-0.39, 0.29) is 17.6 Å². The van der Waals surface area contributed by atoms with Gasteiger partial charge in [-0.2, -0.15) is 0 Å². The number of rotatable bonds is 4. The molecular formula is C17H19N3O3. The quantitative estimate of drug-likeness (QED) is 0.935. The van der Waals surface area contributed by atoms with E-state index < -0.39 is 0 Å². The Morgan fingerprint density at radius 3 is 3.09 bits per heavy atom. The van der Waals surface area contributed by atoms with Crippen molar-refractivity contribution in [3.05, 3.63) is 63.8 Å². The smallest absolute Gasteiger partial charge is 0.345 e. The van der Waals surface area contributed by atoms with Gasteiger partial charge in [0.15, 0.2) is 0 Å². The molecule has 0 radical (unpaired) electrons. The Labute approximate surface area is 134 Å². The third-order valence-corrected chi connectivity index (χ3v) is 4.05. The van der Waals surface area contributed by atoms with Gasteiger partial charge in [-0.3, -0.25) is 4.79 Å². The molecule has 1 aliphatic heterocycles. The molecule has 1 aromatic heterocycles. The monoisotopic (exact) mass is 313 g/mol. The van der Waals surface area contributed by atoms with E-state index in [9.17, 15) is 9.59 Å². The van der Waals surface area contributed by atoms with Gasteiger partial charge >= 0.3 is 5.69 Å². The molecule has 1 aliphatic rings. The first kappa shape index (κ1) is 15.4. The van der Waals surface area contributed by atoms with Crippen LogP contribution in [-0.2, 0) is 11.3 Å². The van der Waals surface area contributed by atoms with Gasteiger partial charge in [0.1, 0.15) is 0 Å². The van der Waals surface area contributed by atoms with Crippen LogP contribution in [0.2, 0.25) is 0 Å². The van der Waals surface area contributed by atoms with Crippen molar-refractivity contribution in [2.24, 2.45) is 0 Å². The predicted molar refractivity (Wildman–Crippen MR) is 85.0 cm³/mol. The van der Waals surface area contributed by atoms with Crippen molar-refractivity contribution in [1.29, 1.82) is 0 Å². The van der Waals surface area contributed by atoms with Crippen LogP contribution in [0.5, 0.6) is 0 Å². The lowest BCUT2D eigenvalue weighted by Crippen LogP contribution is -2.32. The highest BCUT2D eigenvalue weighted by Crippen LogP contribution is 2.31. The fourth-order valence-corrected chi connectivity index (χ4v) is 3.04. The fraction of sp³-hybridized carbons (Fsp3) is 0.353. The van der Waals surface area contributed by atoms with Crippen LogP contribution in [-0.4, -0.2) is 34.4 Å². The third kappa shape index (κ3) is 3.32. The molecule has 23 heavy (non-hydrogen) atoms. The third-order valence-electron chi connectivity index (χ3n) is 4.05. The number of methoxy groups -OCH3 is 1. The summed E-state index contributed by atoms with van der Waals surface area (Å²) in [7, 11) is 1.63. The molecule has 3 rings (SSSR count). The number of hydrogen-bond donors (Lipinski definition) is 1. The molecule has 0 unspecified atom stereocenters. The maximum atomic E-state index is 12.8. The van der Waals surface area contributed by atoms with E-state index in [1.807, 2.05) is 29.2 Å². The summed E-state index contributed by atoms with van der Waals surface area (Å²) in [4.78, 5) is 32.5. The summed E-state index contributed by atoms with van der Waals surface area (Å²) in [6, 6.07) is 9.12. The SMILES string of the molecule is COCc1cccc(C(=O)N2CCC[C@@H]2c2ccnc(=O)[nH]2)c1. The molecule has 6 heteroatoms. The Balaban J connectivity index is 1.86. The van der Waals surface area contributed by atoms with Gasteiger partial charge in [0, 0.05) is 31.1 Å². The predicted octanol–water partition coefficient (Wildman–Crippen LogP) is 1.89. The second-order valence-corrected chi connectivity index (χ2v) is 5.62. The number of nitrogens with one attached hydrogen (secondary N) is 1. The highest BCUT2D eigenvalue weighted by molar-refractivity contribution is 5.94. The van der Waals surface area contributed by atoms with Crippen LogP contribution < -0.4 is 5.69 Å². The Hall–Kier alpha value is -2.47. The topological polar surface area (TPSA) is 75.3 Å². The van der Waals surface area contributed by atoms with Gasteiger partial charge in [0.2, 0.25) is 0 Å². The molecule has 6 nitrogen and oxygen atoms in total. The summed E-state index contributed by atoms with van der Waals surface area (Å²) >= 11 is 0. The number of amides is 1. The van der Waals surface area contributed by atoms with Crippen LogP contribution in [0.1, 0.15) is 40.5 Å². The highest BCUT2D eigenvalue weighted by atomic mass is 16.5. The molecule has 0 spiro atoms. The van der Waals surface area contributed by atoms with Gasteiger partial charge in [0.05, 0.1) is 12.6 Å². The van der Waals surface area contributed by atoms with Crippen molar-refractivity contribution in [2.45, 2.75) is 25.5 Å². The first-order chi connectivity index (χ1) is 11.2. The van der Waals surface area contributed by atoms with Gasteiger partial charge in [-0.15, -0.1) is 0 Å². The minimum atomic E-state index is -0.385. The summed E-state index contributed by atoms with van der Waals surface area (Å²) in [5.74, 6) is -0.0249. The van der Waals surface area contributed by atoms with Gasteiger partial charge in [-0.25, -0.2) is 9.78 Å². The second kappa shape index (κ2) is 6.75. The van der Waals surface area contributed by atoms with Crippen LogP contribution in [0.3, 0.4) is 0 Å². The van der Waals surface area contributed by atoms with E-state index in [1.165, 1.54) is 6.20 Å². The normalized spacial score (nSPS) is 17.4. The van der Waals surface area contributed by atoms with Crippen molar-refractivity contribution in [3.63, 3.8) is 0 Å². The van der Waals surface area contributed by atoms with E-state index in [0.29, 0.717) is 18.7 Å². The molecule has 2 aromatic rings. The number of aromatic amines is 1. The number of benzene rings is 1. The summed E-state index contributed by atoms with van der Waals surface area (Å²) in [6.45, 7) is 1.16. The highest BCUT2D eigenvalue weighted by Gasteiger charge is 2.31. The Bertz CT molecular complexity index is 756. The summed E-state index contributed by atoms with van der Waals surface area (Å²) in [6.07, 6.45) is 3.23. The van der Waals surface area contributed by atoms with Gasteiger partial charge in [-0.1, -0.05) is 12.1 Å². The van der Waals surface area contributed by atoms with Crippen LogP contribution in [0.15, 0.2) is 41.3 Å². The number of carbonyl (C=O) groups excluding carboxylic acids is 1. The van der Waals surface area contributed by atoms with E-state index in [2.05, 4.69) is 9.97 Å². The van der Waals surface area contributed by atoms with Crippen LogP contribution >= 0.6 is 0 Å². The Kier molecular flexibility index (Phi) is 4.52.